The Morgan fingerprint density at radius 3 is 1.65 bits per heavy atom. The van der Waals surface area contributed by atoms with Gasteiger partial charge in [-0.25, -0.2) is 0 Å². The van der Waals surface area contributed by atoms with Gasteiger partial charge in [-0.15, -0.1) is 0 Å². The van der Waals surface area contributed by atoms with Crippen molar-refractivity contribution < 1.29 is 67.6 Å². The number of carbonyl (C=O) groups excluding carboxylic acids is 3. The summed E-state index contributed by atoms with van der Waals surface area (Å²) in [5.74, 6) is -2.37. The minimum absolute atomic E-state index is 0.0870. The van der Waals surface area contributed by atoms with E-state index in [0.717, 1.165) is 31.9 Å². The van der Waals surface area contributed by atoms with E-state index in [1.165, 1.54) is 0 Å². The van der Waals surface area contributed by atoms with E-state index < -0.39 is 92.5 Å². The van der Waals surface area contributed by atoms with Gasteiger partial charge in [-0.3, -0.25) is 14.4 Å². The molecular formula is C32H40O14. The van der Waals surface area contributed by atoms with Crippen molar-refractivity contribution in [1.82, 2.24) is 0 Å². The third kappa shape index (κ3) is 9.53. The molecule has 2 aliphatic heterocycles. The minimum atomic E-state index is -1.79. The van der Waals surface area contributed by atoms with Crippen LogP contribution in [0, 0.1) is 0 Å². The van der Waals surface area contributed by atoms with Gasteiger partial charge in [-0.2, -0.15) is 0 Å². The molecule has 3 N–H and O–H groups in total. The summed E-state index contributed by atoms with van der Waals surface area (Å²) < 4.78 is 45.9. The van der Waals surface area contributed by atoms with Crippen molar-refractivity contribution in [2.24, 2.45) is 0 Å². The lowest BCUT2D eigenvalue weighted by molar-refractivity contribution is -0.337. The Morgan fingerprint density at radius 2 is 1.13 bits per heavy atom. The average molecular weight is 649 g/mol. The zero-order valence-corrected chi connectivity index (χ0v) is 25.7. The van der Waals surface area contributed by atoms with Gasteiger partial charge < -0.3 is 53.2 Å². The molecule has 0 saturated carbocycles. The molecule has 252 valence electrons. The first-order chi connectivity index (χ1) is 22.1. The van der Waals surface area contributed by atoms with E-state index in [-0.39, 0.29) is 13.2 Å². The van der Waals surface area contributed by atoms with Crippen LogP contribution >= 0.6 is 0 Å². The van der Waals surface area contributed by atoms with Gasteiger partial charge in [0.25, 0.3) is 0 Å². The molecule has 2 aromatic rings. The van der Waals surface area contributed by atoms with Crippen molar-refractivity contribution in [3.05, 3.63) is 71.8 Å². The summed E-state index contributed by atoms with van der Waals surface area (Å²) in [6.45, 7) is 2.49. The molecule has 14 heteroatoms. The Labute approximate surface area is 266 Å². The molecule has 0 aliphatic carbocycles. The molecular weight excluding hydrogens is 608 g/mol. The van der Waals surface area contributed by atoms with Crippen LogP contribution in [-0.2, 0) is 65.5 Å². The Bertz CT molecular complexity index is 1260. The summed E-state index contributed by atoms with van der Waals surface area (Å²) in [6.07, 6.45) is -13.2. The molecule has 14 nitrogen and oxygen atoms in total. The van der Waals surface area contributed by atoms with Gasteiger partial charge in [0.05, 0.1) is 26.4 Å². The van der Waals surface area contributed by atoms with Crippen molar-refractivity contribution in [2.45, 2.75) is 95.4 Å². The first-order valence-corrected chi connectivity index (χ1v) is 14.8. The highest BCUT2D eigenvalue weighted by molar-refractivity contribution is 5.68. The van der Waals surface area contributed by atoms with E-state index in [0.29, 0.717) is 0 Å². The van der Waals surface area contributed by atoms with E-state index >= 15 is 0 Å². The molecule has 0 amide bonds. The van der Waals surface area contributed by atoms with Crippen LogP contribution in [-0.4, -0.2) is 108 Å². The van der Waals surface area contributed by atoms with Gasteiger partial charge in [0.2, 0.25) is 0 Å². The lowest BCUT2D eigenvalue weighted by Crippen LogP contribution is -2.64. The zero-order valence-electron chi connectivity index (χ0n) is 25.7. The van der Waals surface area contributed by atoms with Crippen molar-refractivity contribution in [3.63, 3.8) is 0 Å². The third-order valence-electron chi connectivity index (χ3n) is 7.31. The second kappa shape index (κ2) is 16.9. The standard InChI is InChI=1S/C32H40O14/c1-18(34)42-26-24(45-31(38)29(44-20(3)36)28(26)43-19(2)35)17-41-32-30(40-16-22-12-8-5-9-13-22)27(25(37)23(14-33)46-32)39-15-21-10-6-4-7-11-21/h4-13,23-33,37-38H,14-17H2,1-3H3/t23?,24?,25-,26-,27?,28?,29?,30?,31+,32-/m1/s1. The topological polar surface area (TPSA) is 186 Å². The predicted molar refractivity (Wildman–Crippen MR) is 155 cm³/mol. The molecule has 0 aromatic heterocycles. The SMILES string of the molecule is CC(=O)OC1C(OC(C)=O)[C@@H](O)OC(CO[C@@H]2OC(CO)[C@@H](O)C(OCc3ccccc3)C2OCc2ccccc2)[C@H]1OC(C)=O. The lowest BCUT2D eigenvalue weighted by Gasteiger charge is -2.45. The normalized spacial score (nSPS) is 31.1. The zero-order chi connectivity index (χ0) is 33.2. The molecule has 2 aliphatic rings. The number of hydrogen-bond acceptors (Lipinski definition) is 14. The molecule has 2 fully saturated rings. The number of carbonyl (C=O) groups is 3. The molecule has 4 rings (SSSR count). The third-order valence-corrected chi connectivity index (χ3v) is 7.31. The molecule has 0 bridgehead atoms. The van der Waals surface area contributed by atoms with E-state index in [2.05, 4.69) is 0 Å². The van der Waals surface area contributed by atoms with Crippen LogP contribution in [0.1, 0.15) is 31.9 Å². The van der Waals surface area contributed by atoms with E-state index in [1.807, 2.05) is 60.7 Å². The lowest BCUT2D eigenvalue weighted by atomic mass is 9.97. The summed E-state index contributed by atoms with van der Waals surface area (Å²) in [7, 11) is 0. The van der Waals surface area contributed by atoms with Crippen molar-refractivity contribution in [2.75, 3.05) is 13.2 Å². The highest BCUT2D eigenvalue weighted by Crippen LogP contribution is 2.32. The first kappa shape index (κ1) is 35.4. The molecule has 2 heterocycles. The van der Waals surface area contributed by atoms with Gasteiger partial charge in [0.15, 0.2) is 30.9 Å². The van der Waals surface area contributed by atoms with Crippen LogP contribution in [0.5, 0.6) is 0 Å². The fraction of sp³-hybridized carbons (Fsp3) is 0.531. The quantitative estimate of drug-likeness (QED) is 0.204. The highest BCUT2D eigenvalue weighted by Gasteiger charge is 2.53. The van der Waals surface area contributed by atoms with Crippen LogP contribution < -0.4 is 0 Å². The number of benzene rings is 2. The van der Waals surface area contributed by atoms with E-state index in [9.17, 15) is 29.7 Å². The van der Waals surface area contributed by atoms with Gasteiger partial charge in [-0.05, 0) is 11.1 Å². The summed E-state index contributed by atoms with van der Waals surface area (Å²) >= 11 is 0. The van der Waals surface area contributed by atoms with E-state index in [4.69, 9.17) is 37.9 Å². The van der Waals surface area contributed by atoms with Crippen LogP contribution in [0.2, 0.25) is 0 Å². The second-order valence-electron chi connectivity index (χ2n) is 10.9. The molecule has 46 heavy (non-hydrogen) atoms. The Hall–Kier alpha value is -3.47. The maximum Gasteiger partial charge on any atom is 0.303 e. The van der Waals surface area contributed by atoms with Crippen molar-refractivity contribution in [1.29, 1.82) is 0 Å². The van der Waals surface area contributed by atoms with E-state index in [1.54, 1.807) is 0 Å². The summed E-state index contributed by atoms with van der Waals surface area (Å²) in [4.78, 5) is 35.8. The van der Waals surface area contributed by atoms with Gasteiger partial charge in [-0.1, -0.05) is 60.7 Å². The van der Waals surface area contributed by atoms with Crippen molar-refractivity contribution in [3.8, 4) is 0 Å². The number of esters is 3. The molecule has 0 radical (unpaired) electrons. The maximum absolute atomic E-state index is 12.1. The van der Waals surface area contributed by atoms with Gasteiger partial charge >= 0.3 is 17.9 Å². The summed E-state index contributed by atoms with van der Waals surface area (Å²) in [5.41, 5.74) is 1.64. The number of aliphatic hydroxyl groups is 3. The first-order valence-electron chi connectivity index (χ1n) is 14.8. The molecule has 10 atom stereocenters. The Morgan fingerprint density at radius 1 is 0.630 bits per heavy atom. The van der Waals surface area contributed by atoms with Crippen LogP contribution in [0.4, 0.5) is 0 Å². The fourth-order valence-electron chi connectivity index (χ4n) is 5.27. The van der Waals surface area contributed by atoms with Crippen LogP contribution in [0.25, 0.3) is 0 Å². The van der Waals surface area contributed by atoms with Gasteiger partial charge in [0.1, 0.15) is 30.5 Å². The predicted octanol–water partition coefficient (Wildman–Crippen LogP) is 0.764. The molecule has 6 unspecified atom stereocenters. The van der Waals surface area contributed by atoms with Gasteiger partial charge in [0, 0.05) is 20.8 Å². The van der Waals surface area contributed by atoms with Crippen LogP contribution in [0.3, 0.4) is 0 Å². The smallest absolute Gasteiger partial charge is 0.303 e. The second-order valence-corrected chi connectivity index (χ2v) is 10.9. The minimum Gasteiger partial charge on any atom is -0.456 e. The number of ether oxygens (including phenoxy) is 8. The number of hydrogen-bond donors (Lipinski definition) is 3. The summed E-state index contributed by atoms with van der Waals surface area (Å²) in [6, 6.07) is 18.5. The number of aliphatic hydroxyl groups excluding tert-OH is 3. The Kier molecular flexibility index (Phi) is 13.0. The molecule has 0 spiro atoms. The summed E-state index contributed by atoms with van der Waals surface area (Å²) in [5, 5.41) is 31.9. The largest absolute Gasteiger partial charge is 0.456 e. The maximum atomic E-state index is 12.1. The number of rotatable bonds is 13. The van der Waals surface area contributed by atoms with Crippen LogP contribution in [0.15, 0.2) is 60.7 Å². The Balaban J connectivity index is 1.59. The molecule has 2 saturated heterocycles. The highest BCUT2D eigenvalue weighted by atomic mass is 16.7. The average Bonchev–Trinajstić information content (AvgIpc) is 3.02. The monoisotopic (exact) mass is 648 g/mol. The fourth-order valence-corrected chi connectivity index (χ4v) is 5.27. The van der Waals surface area contributed by atoms with Crippen molar-refractivity contribution >= 4 is 17.9 Å². The molecule has 2 aromatic carbocycles.